The summed E-state index contributed by atoms with van der Waals surface area (Å²) < 4.78 is 31.5. The third kappa shape index (κ3) is 3.22. The van der Waals surface area contributed by atoms with Crippen LogP contribution in [0.4, 0.5) is 0 Å². The summed E-state index contributed by atoms with van der Waals surface area (Å²) in [4.78, 5) is 0.115. The number of nitrogens with one attached hydrogen (secondary N) is 1. The van der Waals surface area contributed by atoms with Gasteiger partial charge in [-0.15, -0.1) is 0 Å². The minimum atomic E-state index is -3.71. The fraction of sp³-hybridized carbons (Fsp3) is 0.417. The Morgan fingerprint density at radius 1 is 1.39 bits per heavy atom. The van der Waals surface area contributed by atoms with Gasteiger partial charge in [0.05, 0.1) is 18.1 Å². The van der Waals surface area contributed by atoms with Gasteiger partial charge in [0.2, 0.25) is 10.0 Å². The fourth-order valence-corrected chi connectivity index (χ4v) is 2.85. The van der Waals surface area contributed by atoms with E-state index in [9.17, 15) is 8.42 Å². The van der Waals surface area contributed by atoms with Gasteiger partial charge in [0.1, 0.15) is 11.3 Å². The predicted octanol–water partition coefficient (Wildman–Crippen LogP) is 1.58. The molecule has 98 valence electrons. The number of hydrogen-bond donors (Lipinski definition) is 1. The number of sulfonamides is 1. The molecule has 1 N–H and O–H groups in total. The average Bonchev–Trinajstić information content (AvgIpc) is 2.27. The van der Waals surface area contributed by atoms with Crippen molar-refractivity contribution >= 4 is 10.0 Å². The highest BCUT2D eigenvalue weighted by Gasteiger charge is 2.26. The molecule has 0 heterocycles. The number of nitrogens with zero attached hydrogens (tertiary/aromatic N) is 1. The first-order chi connectivity index (χ1) is 8.22. The Morgan fingerprint density at radius 2 is 2.00 bits per heavy atom. The molecule has 0 radical (unpaired) electrons. The van der Waals surface area contributed by atoms with E-state index in [1.807, 2.05) is 6.07 Å². The largest absolute Gasteiger partial charge is 0.496 e. The second kappa shape index (κ2) is 4.96. The molecule has 0 aliphatic heterocycles. The molecule has 0 fully saturated rings. The Labute approximate surface area is 107 Å². The average molecular weight is 268 g/mol. The van der Waals surface area contributed by atoms with Gasteiger partial charge in [-0.05, 0) is 44.5 Å². The lowest BCUT2D eigenvalue weighted by atomic mass is 10.1. The van der Waals surface area contributed by atoms with Crippen LogP contribution in [0.2, 0.25) is 0 Å². The second-order valence-electron chi connectivity index (χ2n) is 4.47. The molecule has 0 atom stereocenters. The molecule has 0 aliphatic rings. The predicted molar refractivity (Wildman–Crippen MR) is 67.7 cm³/mol. The van der Waals surface area contributed by atoms with Gasteiger partial charge in [-0.25, -0.2) is 8.42 Å². The molecule has 1 rings (SSSR count). The van der Waals surface area contributed by atoms with E-state index in [1.54, 1.807) is 13.0 Å². The van der Waals surface area contributed by atoms with E-state index in [0.717, 1.165) is 5.56 Å². The zero-order valence-electron chi connectivity index (χ0n) is 10.8. The molecule has 0 saturated carbocycles. The van der Waals surface area contributed by atoms with Gasteiger partial charge >= 0.3 is 0 Å². The summed E-state index contributed by atoms with van der Waals surface area (Å²) in [6.07, 6.45) is 0. The lowest BCUT2D eigenvalue weighted by Crippen LogP contribution is -2.41. The lowest BCUT2D eigenvalue weighted by Gasteiger charge is -2.18. The smallest absolute Gasteiger partial charge is 0.241 e. The Kier molecular flexibility index (Phi) is 3.99. The maximum Gasteiger partial charge on any atom is 0.241 e. The molecular formula is C12H16N2O3S. The van der Waals surface area contributed by atoms with Crippen LogP contribution in [0.15, 0.2) is 23.1 Å². The summed E-state index contributed by atoms with van der Waals surface area (Å²) >= 11 is 0. The van der Waals surface area contributed by atoms with Crippen LogP contribution in [0.25, 0.3) is 0 Å². The Bertz CT molecular complexity index is 586. The maximum absolute atomic E-state index is 12.1. The summed E-state index contributed by atoms with van der Waals surface area (Å²) in [5.41, 5.74) is -0.428. The van der Waals surface area contributed by atoms with Gasteiger partial charge in [0.25, 0.3) is 0 Å². The molecule has 0 unspecified atom stereocenters. The third-order valence-electron chi connectivity index (χ3n) is 2.35. The van der Waals surface area contributed by atoms with Crippen molar-refractivity contribution in [3.05, 3.63) is 23.8 Å². The number of methoxy groups -OCH3 is 1. The van der Waals surface area contributed by atoms with Crippen molar-refractivity contribution in [2.24, 2.45) is 0 Å². The van der Waals surface area contributed by atoms with Gasteiger partial charge in [0.15, 0.2) is 0 Å². The molecule has 0 spiro atoms. The minimum Gasteiger partial charge on any atom is -0.496 e. The Hall–Kier alpha value is -1.58. The van der Waals surface area contributed by atoms with Crippen LogP contribution in [0.5, 0.6) is 5.75 Å². The van der Waals surface area contributed by atoms with Crippen molar-refractivity contribution in [2.75, 3.05) is 7.11 Å². The molecule has 0 amide bonds. The first-order valence-electron chi connectivity index (χ1n) is 5.32. The van der Waals surface area contributed by atoms with E-state index in [4.69, 9.17) is 10.00 Å². The van der Waals surface area contributed by atoms with E-state index in [1.165, 1.54) is 33.1 Å². The molecule has 0 aliphatic carbocycles. The maximum atomic E-state index is 12.1. The molecule has 0 saturated heterocycles. The fourth-order valence-electron chi connectivity index (χ4n) is 1.44. The third-order valence-corrected chi connectivity index (χ3v) is 4.00. The highest BCUT2D eigenvalue weighted by molar-refractivity contribution is 7.89. The van der Waals surface area contributed by atoms with Crippen molar-refractivity contribution in [1.82, 2.24) is 4.72 Å². The highest BCUT2D eigenvalue weighted by atomic mass is 32.2. The summed E-state index contributed by atoms with van der Waals surface area (Å²) in [5, 5.41) is 8.84. The van der Waals surface area contributed by atoms with Gasteiger partial charge in [-0.3, -0.25) is 0 Å². The topological polar surface area (TPSA) is 79.2 Å². The number of ether oxygens (including phenoxy) is 1. The van der Waals surface area contributed by atoms with E-state index in [-0.39, 0.29) is 4.90 Å². The van der Waals surface area contributed by atoms with Crippen LogP contribution in [0, 0.1) is 18.3 Å². The highest BCUT2D eigenvalue weighted by Crippen LogP contribution is 2.22. The van der Waals surface area contributed by atoms with Crippen LogP contribution >= 0.6 is 0 Å². The second-order valence-corrected chi connectivity index (χ2v) is 6.16. The van der Waals surface area contributed by atoms with Crippen LogP contribution in [0.3, 0.4) is 0 Å². The van der Waals surface area contributed by atoms with Gasteiger partial charge in [-0.2, -0.15) is 9.98 Å². The normalized spacial score (nSPS) is 11.9. The summed E-state index contributed by atoms with van der Waals surface area (Å²) in [6, 6.07) is 6.43. The standard InChI is InChI=1S/C12H16N2O3S/c1-9-7-10(5-6-11(9)17-4)18(15,16)14-12(2,3)8-13/h5-7,14H,1-4H3. The zero-order valence-corrected chi connectivity index (χ0v) is 11.6. The van der Waals surface area contributed by atoms with E-state index in [2.05, 4.69) is 4.72 Å². The van der Waals surface area contributed by atoms with Crippen molar-refractivity contribution in [2.45, 2.75) is 31.2 Å². The summed E-state index contributed by atoms with van der Waals surface area (Å²) in [6.45, 7) is 4.76. The number of benzene rings is 1. The molecule has 0 aromatic heterocycles. The molecule has 18 heavy (non-hydrogen) atoms. The monoisotopic (exact) mass is 268 g/mol. The first kappa shape index (κ1) is 14.5. The van der Waals surface area contributed by atoms with Crippen LogP contribution in [-0.2, 0) is 10.0 Å². The lowest BCUT2D eigenvalue weighted by molar-refractivity contribution is 0.411. The van der Waals surface area contributed by atoms with Crippen molar-refractivity contribution in [1.29, 1.82) is 5.26 Å². The van der Waals surface area contributed by atoms with E-state index in [0.29, 0.717) is 5.75 Å². The SMILES string of the molecule is COc1ccc(S(=O)(=O)NC(C)(C)C#N)cc1C. The van der Waals surface area contributed by atoms with Crippen LogP contribution in [0.1, 0.15) is 19.4 Å². The van der Waals surface area contributed by atoms with Gasteiger partial charge in [0, 0.05) is 0 Å². The first-order valence-corrected chi connectivity index (χ1v) is 6.80. The van der Waals surface area contributed by atoms with Crippen molar-refractivity contribution in [3.8, 4) is 11.8 Å². The van der Waals surface area contributed by atoms with E-state index >= 15 is 0 Å². The summed E-state index contributed by atoms with van der Waals surface area (Å²) in [5.74, 6) is 0.619. The van der Waals surface area contributed by atoms with Crippen molar-refractivity contribution in [3.63, 3.8) is 0 Å². The number of hydrogen-bond acceptors (Lipinski definition) is 4. The van der Waals surface area contributed by atoms with E-state index < -0.39 is 15.6 Å². The van der Waals surface area contributed by atoms with Gasteiger partial charge in [-0.1, -0.05) is 0 Å². The van der Waals surface area contributed by atoms with Gasteiger partial charge < -0.3 is 4.74 Å². The Balaban J connectivity index is 3.15. The molecular weight excluding hydrogens is 252 g/mol. The minimum absolute atomic E-state index is 0.115. The van der Waals surface area contributed by atoms with Crippen LogP contribution < -0.4 is 9.46 Å². The molecule has 5 nitrogen and oxygen atoms in total. The summed E-state index contributed by atoms with van der Waals surface area (Å²) in [7, 11) is -2.18. The molecule has 1 aromatic carbocycles. The quantitative estimate of drug-likeness (QED) is 0.899. The van der Waals surface area contributed by atoms with Crippen molar-refractivity contribution < 1.29 is 13.2 Å². The Morgan fingerprint density at radius 3 is 2.44 bits per heavy atom. The van der Waals surface area contributed by atoms with Crippen LogP contribution in [-0.4, -0.2) is 21.1 Å². The zero-order chi connectivity index (χ0) is 14.0. The number of nitriles is 1. The molecule has 1 aromatic rings. The number of rotatable bonds is 4. The number of aryl methyl sites for hydroxylation is 1. The molecule has 0 bridgehead atoms. The molecule has 6 heteroatoms.